The van der Waals surface area contributed by atoms with Crippen molar-refractivity contribution in [1.29, 1.82) is 0 Å². The zero-order valence-corrected chi connectivity index (χ0v) is 12.1. The van der Waals surface area contributed by atoms with Crippen molar-refractivity contribution in [3.63, 3.8) is 0 Å². The van der Waals surface area contributed by atoms with Gasteiger partial charge in [0.25, 0.3) is 0 Å². The van der Waals surface area contributed by atoms with Crippen LogP contribution in [0.25, 0.3) is 16.3 Å². The summed E-state index contributed by atoms with van der Waals surface area (Å²) < 4.78 is 18.6. The molecule has 2 nitrogen and oxygen atoms in total. The van der Waals surface area contributed by atoms with E-state index < -0.39 is 0 Å². The Bertz CT molecular complexity index is 710. The summed E-state index contributed by atoms with van der Waals surface area (Å²) in [4.78, 5) is 11.1. The minimum atomic E-state index is -0.387. The van der Waals surface area contributed by atoms with E-state index in [-0.39, 0.29) is 11.8 Å². The molecule has 0 radical (unpaired) electrons. The molecular formula is C17H17FO2. The number of allylic oxidation sites excluding steroid dienone is 2. The van der Waals surface area contributed by atoms with Gasteiger partial charge in [-0.05, 0) is 66.9 Å². The molecule has 0 spiro atoms. The lowest BCUT2D eigenvalue weighted by molar-refractivity contribution is -0.131. The van der Waals surface area contributed by atoms with E-state index in [4.69, 9.17) is 4.74 Å². The zero-order chi connectivity index (χ0) is 14.9. The maximum atomic E-state index is 13.4. The van der Waals surface area contributed by atoms with Crippen LogP contribution in [0.3, 0.4) is 0 Å². The van der Waals surface area contributed by atoms with Crippen LogP contribution in [0, 0.1) is 5.82 Å². The number of carbonyl (C=O) groups excluding carboxylic acids is 1. The van der Waals surface area contributed by atoms with Gasteiger partial charge in [-0.1, -0.05) is 11.6 Å². The number of halogens is 1. The molecule has 0 atom stereocenters. The molecule has 0 bridgehead atoms. The fourth-order valence-corrected chi connectivity index (χ4v) is 2.12. The first-order chi connectivity index (χ1) is 9.38. The summed E-state index contributed by atoms with van der Waals surface area (Å²) in [5.41, 5.74) is 3.21. The summed E-state index contributed by atoms with van der Waals surface area (Å²) in [6.45, 7) is 7.39. The van der Waals surface area contributed by atoms with E-state index in [9.17, 15) is 9.18 Å². The van der Waals surface area contributed by atoms with E-state index >= 15 is 0 Å². The zero-order valence-electron chi connectivity index (χ0n) is 12.1. The van der Waals surface area contributed by atoms with Gasteiger partial charge in [0, 0.05) is 6.92 Å². The molecule has 2 aromatic rings. The third kappa shape index (κ3) is 2.87. The van der Waals surface area contributed by atoms with Crippen molar-refractivity contribution in [2.45, 2.75) is 27.7 Å². The molecule has 0 aromatic heterocycles. The molecule has 0 heterocycles. The van der Waals surface area contributed by atoms with Crippen molar-refractivity contribution < 1.29 is 13.9 Å². The second-order valence-electron chi connectivity index (χ2n) is 5.05. The van der Waals surface area contributed by atoms with Gasteiger partial charge < -0.3 is 4.74 Å². The smallest absolute Gasteiger partial charge is 0.308 e. The molecule has 0 aliphatic carbocycles. The minimum absolute atomic E-state index is 0.307. The van der Waals surface area contributed by atoms with E-state index in [1.807, 2.05) is 26.8 Å². The van der Waals surface area contributed by atoms with Crippen LogP contribution in [-0.4, -0.2) is 5.97 Å². The molecule has 0 fully saturated rings. The van der Waals surface area contributed by atoms with Crippen molar-refractivity contribution >= 4 is 22.3 Å². The fourth-order valence-electron chi connectivity index (χ4n) is 2.12. The van der Waals surface area contributed by atoms with Gasteiger partial charge in [0.2, 0.25) is 0 Å². The lowest BCUT2D eigenvalue weighted by Crippen LogP contribution is -2.02. The lowest BCUT2D eigenvalue weighted by atomic mass is 9.96. The molecule has 104 valence electrons. The second-order valence-corrected chi connectivity index (χ2v) is 5.05. The third-order valence-electron chi connectivity index (χ3n) is 3.30. The summed E-state index contributed by atoms with van der Waals surface area (Å²) in [5, 5.41) is 1.67. The van der Waals surface area contributed by atoms with Gasteiger partial charge in [-0.25, -0.2) is 4.39 Å². The summed E-state index contributed by atoms with van der Waals surface area (Å²) in [6.07, 6.45) is 0. The summed E-state index contributed by atoms with van der Waals surface area (Å²) in [6, 6.07) is 8.15. The van der Waals surface area contributed by atoms with E-state index in [2.05, 4.69) is 0 Å². The van der Waals surface area contributed by atoms with Crippen LogP contribution in [0.2, 0.25) is 0 Å². The quantitative estimate of drug-likeness (QED) is 0.584. The Kier molecular flexibility index (Phi) is 3.89. The highest BCUT2D eigenvalue weighted by atomic mass is 19.1. The Morgan fingerprint density at radius 3 is 2.35 bits per heavy atom. The number of hydrogen-bond acceptors (Lipinski definition) is 2. The maximum Gasteiger partial charge on any atom is 0.308 e. The predicted molar refractivity (Wildman–Crippen MR) is 79.2 cm³/mol. The van der Waals surface area contributed by atoms with Crippen LogP contribution in [0.4, 0.5) is 4.39 Å². The first kappa shape index (κ1) is 14.3. The topological polar surface area (TPSA) is 26.3 Å². The molecule has 0 aliphatic rings. The number of rotatable bonds is 2. The second kappa shape index (κ2) is 5.45. The van der Waals surface area contributed by atoms with Crippen molar-refractivity contribution in [1.82, 2.24) is 0 Å². The molecule has 3 heteroatoms. The van der Waals surface area contributed by atoms with Gasteiger partial charge >= 0.3 is 5.97 Å². The third-order valence-corrected chi connectivity index (χ3v) is 3.30. The Morgan fingerprint density at radius 1 is 1.05 bits per heavy atom. The average molecular weight is 272 g/mol. The summed E-state index contributed by atoms with van der Waals surface area (Å²) >= 11 is 0. The molecule has 0 N–H and O–H groups in total. The Hall–Kier alpha value is -2.16. The molecule has 20 heavy (non-hydrogen) atoms. The van der Waals surface area contributed by atoms with Gasteiger partial charge in [-0.2, -0.15) is 0 Å². The van der Waals surface area contributed by atoms with Gasteiger partial charge in [0.1, 0.15) is 11.6 Å². The number of carbonyl (C=O) groups is 1. The highest BCUT2D eigenvalue weighted by Crippen LogP contribution is 2.32. The van der Waals surface area contributed by atoms with Crippen molar-refractivity contribution in [2.24, 2.45) is 0 Å². The van der Waals surface area contributed by atoms with Gasteiger partial charge in [0.15, 0.2) is 0 Å². The number of benzene rings is 2. The normalized spacial score (nSPS) is 10.4. The Labute approximate surface area is 117 Å². The largest absolute Gasteiger partial charge is 0.427 e. The predicted octanol–water partition coefficient (Wildman–Crippen LogP) is 4.72. The number of esters is 1. The molecule has 0 amide bonds. The Morgan fingerprint density at radius 2 is 1.75 bits per heavy atom. The summed E-state index contributed by atoms with van der Waals surface area (Å²) in [7, 11) is 0. The molecule has 0 saturated carbocycles. The van der Waals surface area contributed by atoms with Crippen LogP contribution in [-0.2, 0) is 4.79 Å². The van der Waals surface area contributed by atoms with Gasteiger partial charge in [-0.15, -0.1) is 0 Å². The van der Waals surface area contributed by atoms with Crippen LogP contribution in [0.1, 0.15) is 33.3 Å². The molecule has 0 aliphatic heterocycles. The molecule has 0 saturated heterocycles. The number of hydrogen-bond donors (Lipinski definition) is 0. The lowest BCUT2D eigenvalue weighted by Gasteiger charge is -2.12. The standard InChI is InChI=1S/C17H17FO2/c1-10(2)11(3)17-9-15(20-12(4)19)8-13-7-14(18)5-6-16(13)17/h5-9H,1-4H3. The Balaban J connectivity index is 2.76. The van der Waals surface area contributed by atoms with Crippen LogP contribution < -0.4 is 4.74 Å². The van der Waals surface area contributed by atoms with Crippen molar-refractivity contribution in [3.8, 4) is 5.75 Å². The monoisotopic (exact) mass is 272 g/mol. The first-order valence-electron chi connectivity index (χ1n) is 6.44. The van der Waals surface area contributed by atoms with Gasteiger partial charge in [0.05, 0.1) is 0 Å². The van der Waals surface area contributed by atoms with E-state index in [1.165, 1.54) is 19.1 Å². The number of ether oxygens (including phenoxy) is 1. The highest BCUT2D eigenvalue weighted by molar-refractivity contribution is 5.95. The van der Waals surface area contributed by atoms with Crippen LogP contribution in [0.15, 0.2) is 35.9 Å². The first-order valence-corrected chi connectivity index (χ1v) is 6.44. The van der Waals surface area contributed by atoms with Crippen molar-refractivity contribution in [3.05, 3.63) is 47.3 Å². The fraction of sp³-hybridized carbons (Fsp3) is 0.235. The highest BCUT2D eigenvalue weighted by Gasteiger charge is 2.10. The molecule has 2 aromatic carbocycles. The van der Waals surface area contributed by atoms with E-state index in [0.29, 0.717) is 5.75 Å². The van der Waals surface area contributed by atoms with Crippen molar-refractivity contribution in [2.75, 3.05) is 0 Å². The molecule has 2 rings (SSSR count). The van der Waals surface area contributed by atoms with Gasteiger partial charge in [-0.3, -0.25) is 4.79 Å². The SMILES string of the molecule is CC(=O)Oc1cc(C(C)=C(C)C)c2ccc(F)cc2c1. The van der Waals surface area contributed by atoms with Crippen LogP contribution in [0.5, 0.6) is 5.75 Å². The van der Waals surface area contributed by atoms with E-state index in [0.717, 1.165) is 27.5 Å². The van der Waals surface area contributed by atoms with Crippen LogP contribution >= 0.6 is 0 Å². The van der Waals surface area contributed by atoms with E-state index in [1.54, 1.807) is 12.1 Å². The molecular weight excluding hydrogens is 255 g/mol. The minimum Gasteiger partial charge on any atom is -0.427 e. The average Bonchev–Trinajstić information content (AvgIpc) is 2.35. The number of fused-ring (bicyclic) bond motifs is 1. The summed E-state index contributed by atoms with van der Waals surface area (Å²) in [5.74, 6) is -0.258. The maximum absolute atomic E-state index is 13.4. The molecule has 0 unspecified atom stereocenters.